The van der Waals surface area contributed by atoms with E-state index in [9.17, 15) is 4.79 Å². The lowest BCUT2D eigenvalue weighted by atomic mass is 10.2. The predicted octanol–water partition coefficient (Wildman–Crippen LogP) is 2.53. The number of furan rings is 1. The Labute approximate surface area is 163 Å². The zero-order valence-electron chi connectivity index (χ0n) is 13.2. The maximum Gasteiger partial charge on any atom is 0.239 e. The number of nitrogens with zero attached hydrogens (tertiary/aromatic N) is 1. The Kier molecular flexibility index (Phi) is 9.24. The Morgan fingerprint density at radius 2 is 1.88 bits per heavy atom. The molecule has 0 radical (unpaired) electrons. The van der Waals surface area contributed by atoms with Gasteiger partial charge in [0.1, 0.15) is 5.76 Å². The van der Waals surface area contributed by atoms with Crippen molar-refractivity contribution in [1.82, 2.24) is 16.0 Å². The number of amides is 1. The van der Waals surface area contributed by atoms with Crippen molar-refractivity contribution in [3.63, 3.8) is 0 Å². The van der Waals surface area contributed by atoms with E-state index in [2.05, 4.69) is 20.9 Å². The minimum Gasteiger partial charge on any atom is -0.467 e. The maximum absolute atomic E-state index is 11.8. The molecule has 1 amide bonds. The fourth-order valence-corrected chi connectivity index (χ4v) is 1.96. The van der Waals surface area contributed by atoms with Gasteiger partial charge < -0.3 is 20.4 Å². The van der Waals surface area contributed by atoms with E-state index in [1.165, 1.54) is 0 Å². The quantitative estimate of drug-likeness (QED) is 0.350. The van der Waals surface area contributed by atoms with Crippen molar-refractivity contribution in [3.8, 4) is 0 Å². The Morgan fingerprint density at radius 3 is 2.50 bits per heavy atom. The monoisotopic (exact) mass is 462 g/mol. The van der Waals surface area contributed by atoms with Gasteiger partial charge in [0.05, 0.1) is 19.4 Å². The van der Waals surface area contributed by atoms with Gasteiger partial charge in [-0.25, -0.2) is 0 Å². The van der Waals surface area contributed by atoms with E-state index in [4.69, 9.17) is 16.0 Å². The Bertz CT molecular complexity index is 645. The second kappa shape index (κ2) is 10.9. The molecule has 0 saturated heterocycles. The summed E-state index contributed by atoms with van der Waals surface area (Å²) < 4.78 is 5.15. The van der Waals surface area contributed by atoms with Gasteiger partial charge in [0, 0.05) is 18.6 Å². The summed E-state index contributed by atoms with van der Waals surface area (Å²) in [6.45, 7) is 1.08. The van der Waals surface area contributed by atoms with Crippen molar-refractivity contribution in [3.05, 3.63) is 59.0 Å². The average molecular weight is 463 g/mol. The van der Waals surface area contributed by atoms with Crippen LogP contribution < -0.4 is 16.0 Å². The van der Waals surface area contributed by atoms with Gasteiger partial charge in [0.2, 0.25) is 5.91 Å². The molecule has 0 atom stereocenters. The number of rotatable bonds is 6. The maximum atomic E-state index is 11.8. The van der Waals surface area contributed by atoms with Gasteiger partial charge in [-0.2, -0.15) is 0 Å². The molecule has 0 aliphatic carbocycles. The fraction of sp³-hybridized carbons (Fsp3) is 0.250. The number of guanidine groups is 1. The number of nitrogens with one attached hydrogen (secondary N) is 3. The van der Waals surface area contributed by atoms with E-state index < -0.39 is 0 Å². The van der Waals surface area contributed by atoms with E-state index in [1.807, 2.05) is 24.3 Å². The van der Waals surface area contributed by atoms with Gasteiger partial charge in [-0.3, -0.25) is 9.79 Å². The van der Waals surface area contributed by atoms with Crippen LogP contribution in [-0.2, 0) is 17.9 Å². The summed E-state index contributed by atoms with van der Waals surface area (Å²) in [6, 6.07) is 11.1. The third-order valence-electron chi connectivity index (χ3n) is 3.05. The van der Waals surface area contributed by atoms with Crippen LogP contribution >= 0.6 is 35.6 Å². The summed E-state index contributed by atoms with van der Waals surface area (Å²) in [5, 5.41) is 9.53. The van der Waals surface area contributed by atoms with Crippen LogP contribution in [-0.4, -0.2) is 25.5 Å². The van der Waals surface area contributed by atoms with E-state index in [0.29, 0.717) is 29.8 Å². The number of carbonyl (C=O) groups excluding carboxylic acids is 1. The van der Waals surface area contributed by atoms with Crippen LogP contribution in [0.3, 0.4) is 0 Å². The van der Waals surface area contributed by atoms with Crippen molar-refractivity contribution in [2.24, 2.45) is 4.99 Å². The first-order chi connectivity index (χ1) is 11.2. The lowest BCUT2D eigenvalue weighted by Crippen LogP contribution is -2.42. The molecule has 0 unspecified atom stereocenters. The standard InChI is InChI=1S/C16H19ClN4O2.HI/c1-18-16(20-9-12-4-6-13(17)7-5-12)21-11-15(22)19-10-14-3-2-8-23-14;/h2-8H,9-11H2,1H3,(H,19,22)(H2,18,20,21);1H. The van der Waals surface area contributed by atoms with Crippen molar-refractivity contribution < 1.29 is 9.21 Å². The number of halogens is 2. The van der Waals surface area contributed by atoms with Gasteiger partial charge in [-0.05, 0) is 29.8 Å². The fourth-order valence-electron chi connectivity index (χ4n) is 1.83. The van der Waals surface area contributed by atoms with Crippen LogP contribution in [0.5, 0.6) is 0 Å². The minimum absolute atomic E-state index is 0. The first kappa shape index (κ1) is 20.3. The van der Waals surface area contributed by atoms with Gasteiger partial charge in [-0.15, -0.1) is 24.0 Å². The van der Waals surface area contributed by atoms with Crippen molar-refractivity contribution in [1.29, 1.82) is 0 Å². The smallest absolute Gasteiger partial charge is 0.239 e. The molecule has 0 saturated carbocycles. The summed E-state index contributed by atoms with van der Waals surface area (Å²) in [7, 11) is 1.65. The molecular weight excluding hydrogens is 443 g/mol. The van der Waals surface area contributed by atoms with Crippen molar-refractivity contribution >= 4 is 47.4 Å². The highest BCUT2D eigenvalue weighted by molar-refractivity contribution is 14.0. The number of benzene rings is 1. The molecule has 1 heterocycles. The average Bonchev–Trinajstić information content (AvgIpc) is 3.08. The van der Waals surface area contributed by atoms with Crippen LogP contribution in [0, 0.1) is 0 Å². The molecule has 6 nitrogen and oxygen atoms in total. The van der Waals surface area contributed by atoms with Gasteiger partial charge in [-0.1, -0.05) is 23.7 Å². The molecule has 0 bridgehead atoms. The molecule has 0 aliphatic heterocycles. The second-order valence-corrected chi connectivity index (χ2v) is 5.20. The molecule has 0 spiro atoms. The molecule has 1 aromatic heterocycles. The first-order valence-electron chi connectivity index (χ1n) is 7.15. The Morgan fingerprint density at radius 1 is 1.12 bits per heavy atom. The number of aliphatic imine (C=N–C) groups is 1. The largest absolute Gasteiger partial charge is 0.467 e. The molecular formula is C16H20ClIN4O2. The summed E-state index contributed by atoms with van der Waals surface area (Å²) in [4.78, 5) is 15.8. The van der Waals surface area contributed by atoms with E-state index in [1.54, 1.807) is 25.4 Å². The topological polar surface area (TPSA) is 78.7 Å². The highest BCUT2D eigenvalue weighted by Gasteiger charge is 2.04. The molecule has 3 N–H and O–H groups in total. The molecule has 8 heteroatoms. The number of carbonyl (C=O) groups is 1. The number of hydrogen-bond donors (Lipinski definition) is 3. The van der Waals surface area contributed by atoms with Crippen molar-refractivity contribution in [2.75, 3.05) is 13.6 Å². The lowest BCUT2D eigenvalue weighted by Gasteiger charge is -2.12. The summed E-state index contributed by atoms with van der Waals surface area (Å²) in [5.74, 6) is 1.12. The van der Waals surface area contributed by atoms with E-state index in [0.717, 1.165) is 5.56 Å². The first-order valence-corrected chi connectivity index (χ1v) is 7.53. The molecule has 2 rings (SSSR count). The highest BCUT2D eigenvalue weighted by atomic mass is 127. The molecule has 130 valence electrons. The third-order valence-corrected chi connectivity index (χ3v) is 3.31. The van der Waals surface area contributed by atoms with E-state index in [-0.39, 0.29) is 36.4 Å². The highest BCUT2D eigenvalue weighted by Crippen LogP contribution is 2.08. The second-order valence-electron chi connectivity index (χ2n) is 4.76. The normalized spacial score (nSPS) is 10.7. The van der Waals surface area contributed by atoms with Crippen molar-refractivity contribution in [2.45, 2.75) is 13.1 Å². The Hall–Kier alpha value is -1.74. The third kappa shape index (κ3) is 7.22. The molecule has 1 aromatic carbocycles. The van der Waals surface area contributed by atoms with Crippen LogP contribution in [0.4, 0.5) is 0 Å². The Balaban J connectivity index is 0.00000288. The lowest BCUT2D eigenvalue weighted by molar-refractivity contribution is -0.120. The molecule has 24 heavy (non-hydrogen) atoms. The molecule has 0 fully saturated rings. The van der Waals surface area contributed by atoms with Gasteiger partial charge in [0.15, 0.2) is 5.96 Å². The van der Waals surface area contributed by atoms with Crippen LogP contribution in [0.25, 0.3) is 0 Å². The summed E-state index contributed by atoms with van der Waals surface area (Å²) in [5.41, 5.74) is 1.07. The zero-order valence-corrected chi connectivity index (χ0v) is 16.3. The molecule has 0 aliphatic rings. The number of hydrogen-bond acceptors (Lipinski definition) is 3. The predicted molar refractivity (Wildman–Crippen MR) is 106 cm³/mol. The van der Waals surface area contributed by atoms with Gasteiger partial charge in [0.25, 0.3) is 0 Å². The van der Waals surface area contributed by atoms with Gasteiger partial charge >= 0.3 is 0 Å². The van der Waals surface area contributed by atoms with Crippen LogP contribution in [0.2, 0.25) is 5.02 Å². The van der Waals surface area contributed by atoms with Crippen LogP contribution in [0.1, 0.15) is 11.3 Å². The molecule has 2 aromatic rings. The minimum atomic E-state index is -0.143. The van der Waals surface area contributed by atoms with Crippen LogP contribution in [0.15, 0.2) is 52.1 Å². The summed E-state index contributed by atoms with van der Waals surface area (Å²) in [6.07, 6.45) is 1.57. The summed E-state index contributed by atoms with van der Waals surface area (Å²) >= 11 is 5.85. The SMILES string of the molecule is CN=C(NCC(=O)NCc1ccco1)NCc1ccc(Cl)cc1.I. The van der Waals surface area contributed by atoms with E-state index >= 15 is 0 Å². The zero-order chi connectivity index (χ0) is 16.5.